The van der Waals surface area contributed by atoms with E-state index in [1.165, 1.54) is 34.3 Å². The smallest absolute Gasteiger partial charge is 0.243 e. The maximum atomic E-state index is 13.8. The van der Waals surface area contributed by atoms with Crippen molar-refractivity contribution in [3.63, 3.8) is 0 Å². The van der Waals surface area contributed by atoms with Crippen LogP contribution in [0, 0.1) is 5.82 Å². The fraction of sp³-hybridized carbons (Fsp3) is 0.375. The minimum atomic E-state index is -3.63. The third-order valence-electron chi connectivity index (χ3n) is 6.09. The fourth-order valence-corrected chi connectivity index (χ4v) is 5.53. The van der Waals surface area contributed by atoms with E-state index < -0.39 is 10.0 Å². The molecule has 4 rings (SSSR count). The predicted molar refractivity (Wildman–Crippen MR) is 122 cm³/mol. The molecule has 2 atom stereocenters. The number of benzene rings is 2. The van der Waals surface area contributed by atoms with Crippen LogP contribution in [0.25, 0.3) is 0 Å². The van der Waals surface area contributed by atoms with Crippen LogP contribution >= 0.6 is 0 Å². The average molecular weight is 457 g/mol. The van der Waals surface area contributed by atoms with Gasteiger partial charge in [-0.3, -0.25) is 4.68 Å². The van der Waals surface area contributed by atoms with Crippen LogP contribution in [0.1, 0.15) is 41.5 Å². The quantitative estimate of drug-likeness (QED) is 0.545. The van der Waals surface area contributed by atoms with E-state index in [2.05, 4.69) is 34.2 Å². The molecule has 0 radical (unpaired) electrons. The van der Waals surface area contributed by atoms with E-state index in [0.717, 1.165) is 36.9 Å². The van der Waals surface area contributed by atoms with Crippen molar-refractivity contribution in [2.75, 3.05) is 6.54 Å². The molecule has 1 aliphatic rings. The first-order valence-electron chi connectivity index (χ1n) is 10.9. The third kappa shape index (κ3) is 5.09. The van der Waals surface area contributed by atoms with Gasteiger partial charge in [-0.1, -0.05) is 37.3 Å². The van der Waals surface area contributed by atoms with E-state index >= 15 is 0 Å². The second-order valence-electron chi connectivity index (χ2n) is 8.35. The monoisotopic (exact) mass is 456 g/mol. The van der Waals surface area contributed by atoms with Gasteiger partial charge in [0.2, 0.25) is 10.0 Å². The van der Waals surface area contributed by atoms with Gasteiger partial charge in [-0.05, 0) is 60.2 Å². The van der Waals surface area contributed by atoms with Crippen molar-refractivity contribution in [3.05, 3.63) is 82.9 Å². The van der Waals surface area contributed by atoms with Gasteiger partial charge < -0.3 is 5.32 Å². The summed E-state index contributed by atoms with van der Waals surface area (Å²) in [6.07, 6.45) is 5.53. The lowest BCUT2D eigenvalue weighted by molar-refractivity contribution is 0.391. The van der Waals surface area contributed by atoms with E-state index in [-0.39, 0.29) is 29.2 Å². The summed E-state index contributed by atoms with van der Waals surface area (Å²) in [5.74, 6) is -0.0347. The van der Waals surface area contributed by atoms with Crippen molar-refractivity contribution in [1.29, 1.82) is 0 Å². The SMILES string of the molecule is CCNC1CCc2ccc(CNS(=O)(=O)c3cnn(C)c3)cc2C1Cc1cccc(F)c1. The van der Waals surface area contributed by atoms with Crippen molar-refractivity contribution in [3.8, 4) is 0 Å². The molecule has 0 amide bonds. The minimum Gasteiger partial charge on any atom is -0.314 e. The highest BCUT2D eigenvalue weighted by Crippen LogP contribution is 2.35. The molecule has 3 aromatic rings. The summed E-state index contributed by atoms with van der Waals surface area (Å²) in [5.41, 5.74) is 4.36. The second kappa shape index (κ2) is 9.52. The van der Waals surface area contributed by atoms with E-state index in [1.807, 2.05) is 12.1 Å². The molecule has 170 valence electrons. The topological polar surface area (TPSA) is 76.0 Å². The van der Waals surface area contributed by atoms with Crippen LogP contribution in [0.3, 0.4) is 0 Å². The Balaban J connectivity index is 1.58. The number of nitrogens with zero attached hydrogens (tertiary/aromatic N) is 2. The Labute approximate surface area is 188 Å². The molecule has 6 nitrogen and oxygen atoms in total. The standard InChI is InChI=1S/C24H29FN4O2S/c1-3-26-24-10-9-19-8-7-18(14-28-32(30,31)21-15-27-29(2)16-21)13-22(19)23(24)12-17-5-4-6-20(25)11-17/h4-8,11,13,15-16,23-24,26,28H,3,9-10,12,14H2,1-2H3. The lowest BCUT2D eigenvalue weighted by Gasteiger charge is -2.35. The molecular formula is C24H29FN4O2S. The van der Waals surface area contributed by atoms with Gasteiger partial charge in [0, 0.05) is 31.7 Å². The molecule has 0 aliphatic heterocycles. The minimum absolute atomic E-state index is 0.147. The van der Waals surface area contributed by atoms with Crippen LogP contribution < -0.4 is 10.0 Å². The van der Waals surface area contributed by atoms with Crippen LogP contribution in [0.4, 0.5) is 4.39 Å². The summed E-state index contributed by atoms with van der Waals surface area (Å²) < 4.78 is 43.1. The molecule has 0 saturated carbocycles. The Morgan fingerprint density at radius 2 is 2.03 bits per heavy atom. The van der Waals surface area contributed by atoms with Gasteiger partial charge in [0.05, 0.1) is 6.20 Å². The molecule has 8 heteroatoms. The number of aryl methyl sites for hydroxylation is 2. The molecule has 1 aromatic heterocycles. The van der Waals surface area contributed by atoms with E-state index in [4.69, 9.17) is 0 Å². The normalized spacial score (nSPS) is 18.5. The number of rotatable bonds is 8. The van der Waals surface area contributed by atoms with Crippen molar-refractivity contribution >= 4 is 10.0 Å². The van der Waals surface area contributed by atoms with Crippen molar-refractivity contribution in [2.24, 2.45) is 7.05 Å². The first-order chi connectivity index (χ1) is 15.4. The van der Waals surface area contributed by atoms with Gasteiger partial charge in [-0.15, -0.1) is 0 Å². The van der Waals surface area contributed by atoms with E-state index in [9.17, 15) is 12.8 Å². The lowest BCUT2D eigenvalue weighted by atomic mass is 9.75. The first-order valence-corrected chi connectivity index (χ1v) is 12.4. The van der Waals surface area contributed by atoms with E-state index in [0.29, 0.717) is 0 Å². The Kier molecular flexibility index (Phi) is 6.74. The summed E-state index contributed by atoms with van der Waals surface area (Å²) in [5, 5.41) is 7.54. The zero-order valence-corrected chi connectivity index (χ0v) is 19.2. The highest BCUT2D eigenvalue weighted by molar-refractivity contribution is 7.89. The lowest BCUT2D eigenvalue weighted by Crippen LogP contribution is -2.39. The third-order valence-corrected chi connectivity index (χ3v) is 7.44. The maximum absolute atomic E-state index is 13.8. The number of sulfonamides is 1. The Morgan fingerprint density at radius 1 is 1.19 bits per heavy atom. The number of hydrogen-bond acceptors (Lipinski definition) is 4. The van der Waals surface area contributed by atoms with Crippen molar-refractivity contribution < 1.29 is 12.8 Å². The number of fused-ring (bicyclic) bond motifs is 1. The zero-order chi connectivity index (χ0) is 22.7. The molecule has 32 heavy (non-hydrogen) atoms. The number of likely N-dealkylation sites (N-methyl/N-ethyl adjacent to an activating group) is 1. The average Bonchev–Trinajstić information content (AvgIpc) is 3.21. The molecule has 0 fully saturated rings. The highest BCUT2D eigenvalue weighted by Gasteiger charge is 2.29. The summed E-state index contributed by atoms with van der Waals surface area (Å²) >= 11 is 0. The molecule has 2 aromatic carbocycles. The molecule has 0 bridgehead atoms. The fourth-order valence-electron chi connectivity index (χ4n) is 4.53. The van der Waals surface area contributed by atoms with Crippen LogP contribution in [-0.4, -0.2) is 30.8 Å². The Bertz CT molecular complexity index is 1190. The zero-order valence-electron chi connectivity index (χ0n) is 18.4. The van der Waals surface area contributed by atoms with Gasteiger partial charge in [0.1, 0.15) is 10.7 Å². The van der Waals surface area contributed by atoms with Crippen molar-refractivity contribution in [2.45, 2.75) is 49.6 Å². The molecule has 1 aliphatic carbocycles. The Morgan fingerprint density at radius 3 is 2.75 bits per heavy atom. The van der Waals surface area contributed by atoms with Crippen LogP contribution in [0.5, 0.6) is 0 Å². The van der Waals surface area contributed by atoms with Crippen LogP contribution in [-0.2, 0) is 36.5 Å². The number of hydrogen-bond donors (Lipinski definition) is 2. The predicted octanol–water partition coefficient (Wildman–Crippen LogP) is 3.29. The van der Waals surface area contributed by atoms with Gasteiger partial charge in [-0.2, -0.15) is 5.10 Å². The summed E-state index contributed by atoms with van der Waals surface area (Å²) in [4.78, 5) is 0.147. The van der Waals surface area contributed by atoms with Crippen LogP contribution in [0.15, 0.2) is 59.8 Å². The number of halogens is 1. The largest absolute Gasteiger partial charge is 0.314 e. The van der Waals surface area contributed by atoms with Crippen molar-refractivity contribution in [1.82, 2.24) is 19.8 Å². The molecule has 0 spiro atoms. The summed E-state index contributed by atoms with van der Waals surface area (Å²) in [7, 11) is -1.95. The number of aromatic nitrogens is 2. The van der Waals surface area contributed by atoms with E-state index in [1.54, 1.807) is 19.2 Å². The Hall–Kier alpha value is -2.55. The highest BCUT2D eigenvalue weighted by atomic mass is 32.2. The van der Waals surface area contributed by atoms with Gasteiger partial charge >= 0.3 is 0 Å². The summed E-state index contributed by atoms with van der Waals surface area (Å²) in [6, 6.07) is 13.3. The molecular weight excluding hydrogens is 427 g/mol. The first kappa shape index (κ1) is 22.6. The molecule has 2 N–H and O–H groups in total. The van der Waals surface area contributed by atoms with Gasteiger partial charge in [0.25, 0.3) is 0 Å². The molecule has 1 heterocycles. The summed E-state index contributed by atoms with van der Waals surface area (Å²) in [6.45, 7) is 3.16. The van der Waals surface area contributed by atoms with Gasteiger partial charge in [-0.25, -0.2) is 17.5 Å². The van der Waals surface area contributed by atoms with Gasteiger partial charge in [0.15, 0.2) is 0 Å². The maximum Gasteiger partial charge on any atom is 0.243 e. The molecule has 0 saturated heterocycles. The van der Waals surface area contributed by atoms with Crippen LogP contribution in [0.2, 0.25) is 0 Å². The second-order valence-corrected chi connectivity index (χ2v) is 10.1. The molecule has 2 unspecified atom stereocenters. The number of nitrogens with one attached hydrogen (secondary N) is 2.